The second-order valence-electron chi connectivity index (χ2n) is 7.39. The Morgan fingerprint density at radius 2 is 1.67 bits per heavy atom. The number of rotatable bonds is 18. The van der Waals surface area contributed by atoms with Crippen molar-refractivity contribution in [1.29, 1.82) is 0 Å². The van der Waals surface area contributed by atoms with Gasteiger partial charge in [0.25, 0.3) is 10.1 Å². The van der Waals surface area contributed by atoms with Crippen molar-refractivity contribution in [2.24, 2.45) is 0 Å². The smallest absolute Gasteiger partial charge is 0.335 e. The van der Waals surface area contributed by atoms with Gasteiger partial charge in [-0.1, -0.05) is 18.2 Å². The summed E-state index contributed by atoms with van der Waals surface area (Å²) in [5, 5.41) is 0. The van der Waals surface area contributed by atoms with Gasteiger partial charge in [-0.05, 0) is 50.7 Å². The Kier molecular flexibility index (Phi) is 14.4. The molecule has 0 aromatic heterocycles. The van der Waals surface area contributed by atoms with E-state index in [1.54, 1.807) is 6.92 Å². The van der Waals surface area contributed by atoms with Crippen molar-refractivity contribution in [3.8, 4) is 5.75 Å². The topological polar surface area (TPSA) is 114 Å². The van der Waals surface area contributed by atoms with Crippen LogP contribution >= 0.6 is 0 Å². The van der Waals surface area contributed by atoms with E-state index in [-0.39, 0.29) is 12.6 Å². The van der Waals surface area contributed by atoms with Crippen LogP contribution in [0, 0.1) is 0 Å². The van der Waals surface area contributed by atoms with Gasteiger partial charge in [-0.3, -0.25) is 8.98 Å². The summed E-state index contributed by atoms with van der Waals surface area (Å²) in [4.78, 5) is 23.6. The van der Waals surface area contributed by atoms with Gasteiger partial charge in [0.1, 0.15) is 5.75 Å². The van der Waals surface area contributed by atoms with E-state index in [0.29, 0.717) is 70.5 Å². The van der Waals surface area contributed by atoms with Crippen molar-refractivity contribution >= 4 is 22.1 Å². The Bertz CT molecular complexity index is 808. The maximum Gasteiger partial charge on any atom is 0.335 e. The first-order chi connectivity index (χ1) is 15.8. The van der Waals surface area contributed by atoms with Crippen LogP contribution in [0.1, 0.15) is 51.0 Å². The van der Waals surface area contributed by atoms with Crippen LogP contribution in [-0.4, -0.2) is 66.3 Å². The largest absolute Gasteiger partial charge is 0.493 e. The first-order valence-corrected chi connectivity index (χ1v) is 13.0. The Morgan fingerprint density at radius 1 is 0.970 bits per heavy atom. The van der Waals surface area contributed by atoms with Crippen molar-refractivity contribution in [3.63, 3.8) is 0 Å². The summed E-state index contributed by atoms with van der Waals surface area (Å²) >= 11 is 0. The molecule has 0 saturated carbocycles. The molecule has 0 bridgehead atoms. The second-order valence-corrected chi connectivity index (χ2v) is 9.04. The maximum absolute atomic E-state index is 12.2. The van der Waals surface area contributed by atoms with Crippen LogP contribution in [0.3, 0.4) is 0 Å². The molecule has 188 valence electrons. The molecular formula is C23H36O9S. The van der Waals surface area contributed by atoms with Crippen molar-refractivity contribution in [1.82, 2.24) is 0 Å². The number of hydrogen-bond donors (Lipinski definition) is 0. The average molecular weight is 489 g/mol. The fourth-order valence-electron chi connectivity index (χ4n) is 2.96. The Balaban J connectivity index is 2.48. The van der Waals surface area contributed by atoms with E-state index in [9.17, 15) is 18.0 Å². The normalized spacial score (nSPS) is 12.2. The number of ether oxygens (including phenoxy) is 4. The number of benzene rings is 1. The first-order valence-electron chi connectivity index (χ1n) is 11.2. The Hall–Kier alpha value is -2.17. The fourth-order valence-corrected chi connectivity index (χ4v) is 3.38. The highest BCUT2D eigenvalue weighted by Crippen LogP contribution is 2.21. The van der Waals surface area contributed by atoms with Crippen LogP contribution in [0.15, 0.2) is 24.3 Å². The lowest BCUT2D eigenvalue weighted by Crippen LogP contribution is -2.28. The third-order valence-corrected chi connectivity index (χ3v) is 5.18. The Morgan fingerprint density at radius 3 is 2.36 bits per heavy atom. The van der Waals surface area contributed by atoms with E-state index < -0.39 is 22.2 Å². The van der Waals surface area contributed by atoms with Crippen molar-refractivity contribution < 1.29 is 41.1 Å². The zero-order valence-corrected chi connectivity index (χ0v) is 20.6. The predicted octanol–water partition coefficient (Wildman–Crippen LogP) is 3.05. The van der Waals surface area contributed by atoms with Gasteiger partial charge in [0.2, 0.25) is 0 Å². The molecule has 33 heavy (non-hydrogen) atoms. The molecule has 1 aromatic rings. The molecule has 1 atom stereocenters. The maximum atomic E-state index is 12.2. The third-order valence-electron chi connectivity index (χ3n) is 4.59. The lowest BCUT2D eigenvalue weighted by molar-refractivity contribution is -0.154. The monoisotopic (exact) mass is 488 g/mol. The highest BCUT2D eigenvalue weighted by atomic mass is 32.2. The fraction of sp³-hybridized carbons (Fsp3) is 0.652. The molecule has 0 fully saturated rings. The Labute approximate surface area is 196 Å². The minimum Gasteiger partial charge on any atom is -0.493 e. The van der Waals surface area contributed by atoms with E-state index >= 15 is 0 Å². The number of para-hydroxylation sites is 1. The minimum atomic E-state index is -3.43. The summed E-state index contributed by atoms with van der Waals surface area (Å²) in [6.45, 7) is 3.05. The lowest BCUT2D eigenvalue weighted by atomic mass is 10.1. The molecule has 0 aliphatic carbocycles. The van der Waals surface area contributed by atoms with Crippen LogP contribution in [0.4, 0.5) is 0 Å². The summed E-state index contributed by atoms with van der Waals surface area (Å²) < 4.78 is 48.0. The van der Waals surface area contributed by atoms with Gasteiger partial charge in [0.15, 0.2) is 6.10 Å². The van der Waals surface area contributed by atoms with Crippen LogP contribution in [0.25, 0.3) is 0 Å². The molecule has 1 unspecified atom stereocenters. The van der Waals surface area contributed by atoms with Gasteiger partial charge in [-0.2, -0.15) is 8.42 Å². The number of methoxy groups -OCH3 is 1. The molecule has 0 radical (unpaired) electrons. The minimum absolute atomic E-state index is 0.129. The van der Waals surface area contributed by atoms with Crippen molar-refractivity contribution in [3.05, 3.63) is 29.8 Å². The van der Waals surface area contributed by atoms with Gasteiger partial charge in [-0.15, -0.1) is 0 Å². The van der Waals surface area contributed by atoms with Crippen LogP contribution < -0.4 is 4.74 Å². The third kappa shape index (κ3) is 13.9. The average Bonchev–Trinajstić information content (AvgIpc) is 2.77. The van der Waals surface area contributed by atoms with Gasteiger partial charge < -0.3 is 18.9 Å². The van der Waals surface area contributed by atoms with Gasteiger partial charge >= 0.3 is 11.9 Å². The standard InChI is InChI=1S/C23H36O9S/c1-4-29-22(24)14-8-11-16-30-20-13-7-6-12-19(20)18-21(23(25)28-2)31-15-9-5-10-17-32-33(3,26)27/h6-7,12-13,21H,4-5,8-11,14-18H2,1-3H3. The summed E-state index contributed by atoms with van der Waals surface area (Å²) in [5.41, 5.74) is 0.819. The molecule has 1 aromatic carbocycles. The first kappa shape index (κ1) is 28.9. The van der Waals surface area contributed by atoms with Gasteiger partial charge in [0, 0.05) is 19.4 Å². The molecule has 1 rings (SSSR count). The van der Waals surface area contributed by atoms with E-state index in [1.165, 1.54) is 7.11 Å². The number of esters is 2. The van der Waals surface area contributed by atoms with Crippen LogP contribution in [-0.2, 0) is 44.5 Å². The number of hydrogen-bond acceptors (Lipinski definition) is 9. The van der Waals surface area contributed by atoms with Gasteiger partial charge in [0.05, 0.1) is 33.2 Å². The molecule has 0 amide bonds. The van der Waals surface area contributed by atoms with E-state index in [1.807, 2.05) is 24.3 Å². The predicted molar refractivity (Wildman–Crippen MR) is 123 cm³/mol. The molecule has 10 heteroatoms. The van der Waals surface area contributed by atoms with Gasteiger partial charge in [-0.25, -0.2) is 4.79 Å². The summed E-state index contributed by atoms with van der Waals surface area (Å²) in [5.74, 6) is -0.0254. The van der Waals surface area contributed by atoms with Crippen molar-refractivity contribution in [2.45, 2.75) is 58.0 Å². The summed E-state index contributed by atoms with van der Waals surface area (Å²) in [6, 6.07) is 7.41. The number of carbonyl (C=O) groups excluding carboxylic acids is 2. The summed E-state index contributed by atoms with van der Waals surface area (Å²) in [6.07, 6.45) is 4.19. The van der Waals surface area contributed by atoms with Crippen LogP contribution in [0.2, 0.25) is 0 Å². The SMILES string of the molecule is CCOC(=O)CCCCOc1ccccc1CC(OCCCCCOS(C)(=O)=O)C(=O)OC. The second kappa shape index (κ2) is 16.4. The zero-order valence-electron chi connectivity index (χ0n) is 19.7. The molecule has 0 aliphatic heterocycles. The molecule has 9 nitrogen and oxygen atoms in total. The molecule has 0 heterocycles. The molecule has 0 N–H and O–H groups in total. The highest BCUT2D eigenvalue weighted by Gasteiger charge is 2.22. The van der Waals surface area contributed by atoms with E-state index in [0.717, 1.165) is 11.8 Å². The quantitative estimate of drug-likeness (QED) is 0.175. The zero-order chi connectivity index (χ0) is 24.5. The molecular weight excluding hydrogens is 452 g/mol. The molecule has 0 spiro atoms. The number of carbonyl (C=O) groups is 2. The summed E-state index contributed by atoms with van der Waals surface area (Å²) in [7, 11) is -2.11. The molecule has 0 saturated heterocycles. The van der Waals surface area contributed by atoms with Crippen LogP contribution in [0.5, 0.6) is 5.75 Å². The molecule has 0 aliphatic rings. The highest BCUT2D eigenvalue weighted by molar-refractivity contribution is 7.85. The van der Waals surface area contributed by atoms with E-state index in [2.05, 4.69) is 0 Å². The van der Waals surface area contributed by atoms with E-state index in [4.69, 9.17) is 23.1 Å². The lowest BCUT2D eigenvalue weighted by Gasteiger charge is -2.18. The number of unbranched alkanes of at least 4 members (excludes halogenated alkanes) is 3. The van der Waals surface area contributed by atoms with Crippen molar-refractivity contribution in [2.75, 3.05) is 39.8 Å².